The molecule has 1 heteroatoms. The molecule has 0 spiro atoms. The molecule has 0 bridgehead atoms. The number of hydrogen-bond donors (Lipinski definition) is 1. The third-order valence-electron chi connectivity index (χ3n) is 4.72. The van der Waals surface area contributed by atoms with E-state index in [1.807, 2.05) is 18.2 Å². The van der Waals surface area contributed by atoms with Crippen LogP contribution in [0.4, 0.5) is 0 Å². The fourth-order valence-corrected chi connectivity index (χ4v) is 3.18. The van der Waals surface area contributed by atoms with Crippen LogP contribution in [0.1, 0.15) is 96.5 Å². The highest BCUT2D eigenvalue weighted by Gasteiger charge is 1.99. The van der Waals surface area contributed by atoms with Gasteiger partial charge < -0.3 is 5.11 Å². The zero-order valence-corrected chi connectivity index (χ0v) is 15.5. The van der Waals surface area contributed by atoms with Crippen LogP contribution in [0.15, 0.2) is 24.3 Å². The molecule has 0 aliphatic heterocycles. The molecule has 0 radical (unpaired) electrons. The van der Waals surface area contributed by atoms with E-state index in [1.54, 1.807) is 6.07 Å². The minimum absolute atomic E-state index is 0.459. The molecule has 0 aliphatic rings. The Bertz CT molecular complexity index is 383. The van der Waals surface area contributed by atoms with Gasteiger partial charge in [0.1, 0.15) is 5.75 Å². The van der Waals surface area contributed by atoms with Crippen LogP contribution < -0.4 is 0 Å². The van der Waals surface area contributed by atoms with Crippen molar-refractivity contribution in [2.45, 2.75) is 97.3 Å². The van der Waals surface area contributed by atoms with Crippen molar-refractivity contribution in [2.24, 2.45) is 5.92 Å². The van der Waals surface area contributed by atoms with Crippen molar-refractivity contribution in [3.8, 4) is 5.75 Å². The molecule has 0 amide bonds. The van der Waals surface area contributed by atoms with Crippen molar-refractivity contribution in [1.82, 2.24) is 0 Å². The Morgan fingerprint density at radius 3 is 1.70 bits per heavy atom. The van der Waals surface area contributed by atoms with Crippen molar-refractivity contribution >= 4 is 0 Å². The normalized spacial score (nSPS) is 11.3. The number of unbranched alkanes of at least 4 members (excludes halogenated alkanes) is 10. The lowest BCUT2D eigenvalue weighted by atomic mass is 10.0. The van der Waals surface area contributed by atoms with Crippen molar-refractivity contribution in [1.29, 1.82) is 0 Å². The van der Waals surface area contributed by atoms with Gasteiger partial charge in [0, 0.05) is 0 Å². The van der Waals surface area contributed by atoms with Crippen LogP contribution in [-0.2, 0) is 6.42 Å². The first-order chi connectivity index (χ1) is 11.2. The predicted octanol–water partition coefficient (Wildman–Crippen LogP) is 7.27. The summed E-state index contributed by atoms with van der Waals surface area (Å²) in [6, 6.07) is 7.73. The average molecular weight is 319 g/mol. The summed E-state index contributed by atoms with van der Waals surface area (Å²) in [7, 11) is 0. The van der Waals surface area contributed by atoms with Crippen molar-refractivity contribution < 1.29 is 5.11 Å². The van der Waals surface area contributed by atoms with Crippen LogP contribution in [0.5, 0.6) is 5.75 Å². The van der Waals surface area contributed by atoms with Gasteiger partial charge in [0.15, 0.2) is 0 Å². The maximum atomic E-state index is 9.71. The first-order valence-corrected chi connectivity index (χ1v) is 9.97. The molecule has 0 aliphatic carbocycles. The number of aryl methyl sites for hydroxylation is 1. The SMILES string of the molecule is CC(C)CCCCCCCCCCCCCc1ccccc1O. The van der Waals surface area contributed by atoms with Crippen LogP contribution in [0.3, 0.4) is 0 Å². The Morgan fingerprint density at radius 2 is 1.17 bits per heavy atom. The molecule has 0 atom stereocenters. The molecular weight excluding hydrogens is 280 g/mol. The fraction of sp³-hybridized carbons (Fsp3) is 0.727. The summed E-state index contributed by atoms with van der Waals surface area (Å²) < 4.78 is 0. The second-order valence-electron chi connectivity index (χ2n) is 7.45. The molecule has 0 aromatic heterocycles. The lowest BCUT2D eigenvalue weighted by molar-refractivity contribution is 0.465. The third kappa shape index (κ3) is 11.2. The quantitative estimate of drug-likeness (QED) is 0.357. The summed E-state index contributed by atoms with van der Waals surface area (Å²) >= 11 is 0. The summed E-state index contributed by atoms with van der Waals surface area (Å²) in [5.74, 6) is 1.33. The molecule has 0 saturated carbocycles. The summed E-state index contributed by atoms with van der Waals surface area (Å²) in [6.07, 6.45) is 17.6. The molecular formula is C22H38O. The number of benzene rings is 1. The van der Waals surface area contributed by atoms with Gasteiger partial charge in [-0.1, -0.05) is 103 Å². The zero-order chi connectivity index (χ0) is 16.8. The van der Waals surface area contributed by atoms with E-state index in [4.69, 9.17) is 0 Å². The number of para-hydroxylation sites is 1. The van der Waals surface area contributed by atoms with Gasteiger partial charge in [-0.15, -0.1) is 0 Å². The lowest BCUT2D eigenvalue weighted by Gasteiger charge is -2.05. The number of phenols is 1. The standard InChI is InChI=1S/C22H38O/c1-20(2)16-12-10-8-6-4-3-5-7-9-11-13-17-21-18-14-15-19-22(21)23/h14-15,18-20,23H,3-13,16-17H2,1-2H3. The second kappa shape index (κ2) is 13.5. The molecule has 0 fully saturated rings. The largest absolute Gasteiger partial charge is 0.508 e. The van der Waals surface area contributed by atoms with Crippen LogP contribution in [0, 0.1) is 5.92 Å². The Hall–Kier alpha value is -0.980. The van der Waals surface area contributed by atoms with Crippen LogP contribution in [-0.4, -0.2) is 5.11 Å². The van der Waals surface area contributed by atoms with Gasteiger partial charge in [0.2, 0.25) is 0 Å². The second-order valence-corrected chi connectivity index (χ2v) is 7.45. The molecule has 132 valence electrons. The molecule has 0 unspecified atom stereocenters. The molecule has 23 heavy (non-hydrogen) atoms. The van der Waals surface area contributed by atoms with E-state index in [0.717, 1.165) is 17.9 Å². The number of aromatic hydroxyl groups is 1. The van der Waals surface area contributed by atoms with Gasteiger partial charge in [-0.25, -0.2) is 0 Å². The first-order valence-electron chi connectivity index (χ1n) is 9.97. The van der Waals surface area contributed by atoms with Crippen molar-refractivity contribution in [3.63, 3.8) is 0 Å². The summed E-state index contributed by atoms with van der Waals surface area (Å²) in [5, 5.41) is 9.71. The molecule has 1 aromatic carbocycles. The Morgan fingerprint density at radius 1 is 0.696 bits per heavy atom. The smallest absolute Gasteiger partial charge is 0.118 e. The predicted molar refractivity (Wildman–Crippen MR) is 102 cm³/mol. The number of phenolic OH excluding ortho intramolecular Hbond substituents is 1. The van der Waals surface area contributed by atoms with E-state index in [0.29, 0.717) is 5.75 Å². The zero-order valence-electron chi connectivity index (χ0n) is 15.5. The van der Waals surface area contributed by atoms with Gasteiger partial charge in [-0.2, -0.15) is 0 Å². The molecule has 1 nitrogen and oxygen atoms in total. The van der Waals surface area contributed by atoms with E-state index >= 15 is 0 Å². The van der Waals surface area contributed by atoms with Gasteiger partial charge in [0.25, 0.3) is 0 Å². The average Bonchev–Trinajstić information content (AvgIpc) is 2.53. The van der Waals surface area contributed by atoms with Crippen LogP contribution in [0.2, 0.25) is 0 Å². The highest BCUT2D eigenvalue weighted by molar-refractivity contribution is 5.31. The maximum absolute atomic E-state index is 9.71. The number of hydrogen-bond acceptors (Lipinski definition) is 1. The Labute approximate surface area is 144 Å². The molecule has 0 saturated heterocycles. The highest BCUT2D eigenvalue weighted by atomic mass is 16.3. The molecule has 1 aromatic rings. The topological polar surface area (TPSA) is 20.2 Å². The van der Waals surface area contributed by atoms with E-state index in [9.17, 15) is 5.11 Å². The third-order valence-corrected chi connectivity index (χ3v) is 4.72. The van der Waals surface area contributed by atoms with Crippen molar-refractivity contribution in [2.75, 3.05) is 0 Å². The van der Waals surface area contributed by atoms with Gasteiger partial charge >= 0.3 is 0 Å². The van der Waals surface area contributed by atoms with E-state index in [1.165, 1.54) is 77.0 Å². The molecule has 1 N–H and O–H groups in total. The summed E-state index contributed by atoms with van der Waals surface area (Å²) in [5.41, 5.74) is 1.10. The summed E-state index contributed by atoms with van der Waals surface area (Å²) in [4.78, 5) is 0. The van der Waals surface area contributed by atoms with E-state index in [-0.39, 0.29) is 0 Å². The van der Waals surface area contributed by atoms with Crippen LogP contribution in [0.25, 0.3) is 0 Å². The highest BCUT2D eigenvalue weighted by Crippen LogP contribution is 2.19. The molecule has 0 heterocycles. The minimum atomic E-state index is 0.459. The van der Waals surface area contributed by atoms with E-state index < -0.39 is 0 Å². The van der Waals surface area contributed by atoms with Gasteiger partial charge in [-0.3, -0.25) is 0 Å². The van der Waals surface area contributed by atoms with Crippen molar-refractivity contribution in [3.05, 3.63) is 29.8 Å². The summed E-state index contributed by atoms with van der Waals surface area (Å²) in [6.45, 7) is 4.64. The molecule has 1 rings (SSSR count). The lowest BCUT2D eigenvalue weighted by Crippen LogP contribution is -1.88. The Balaban J connectivity index is 1.81. The number of rotatable bonds is 14. The Kier molecular flexibility index (Phi) is 11.7. The minimum Gasteiger partial charge on any atom is -0.508 e. The first kappa shape index (κ1) is 20.1. The van der Waals surface area contributed by atoms with Crippen LogP contribution >= 0.6 is 0 Å². The van der Waals surface area contributed by atoms with Gasteiger partial charge in [-0.05, 0) is 30.4 Å². The maximum Gasteiger partial charge on any atom is 0.118 e. The van der Waals surface area contributed by atoms with Gasteiger partial charge in [0.05, 0.1) is 0 Å². The van der Waals surface area contributed by atoms with E-state index in [2.05, 4.69) is 13.8 Å². The fourth-order valence-electron chi connectivity index (χ4n) is 3.18. The monoisotopic (exact) mass is 318 g/mol.